The predicted octanol–water partition coefficient (Wildman–Crippen LogP) is 3.92. The van der Waals surface area contributed by atoms with E-state index in [1.54, 1.807) is 13.8 Å². The lowest BCUT2D eigenvalue weighted by Gasteiger charge is -2.30. The second-order valence-corrected chi connectivity index (χ2v) is 9.01. The van der Waals surface area contributed by atoms with Crippen LogP contribution >= 0.6 is 0 Å². The monoisotopic (exact) mass is 438 g/mol. The van der Waals surface area contributed by atoms with E-state index in [0.29, 0.717) is 6.42 Å². The minimum absolute atomic E-state index is 0.0525. The lowest BCUT2D eigenvalue weighted by Crippen LogP contribution is -2.58. The third-order valence-electron chi connectivity index (χ3n) is 6.20. The molecule has 0 aromatic heterocycles. The summed E-state index contributed by atoms with van der Waals surface area (Å²) in [6.07, 6.45) is -0.375. The van der Waals surface area contributed by atoms with E-state index >= 15 is 0 Å². The Bertz CT molecular complexity index is 987. The van der Waals surface area contributed by atoms with Crippen molar-refractivity contribution in [1.82, 2.24) is 10.6 Å². The molecule has 0 fully saturated rings. The Kier molecular flexibility index (Phi) is 6.57. The van der Waals surface area contributed by atoms with Crippen molar-refractivity contribution in [2.45, 2.75) is 45.6 Å². The fourth-order valence-electron chi connectivity index (χ4n) is 3.74. The topological polar surface area (TPSA) is 105 Å². The van der Waals surface area contributed by atoms with Crippen LogP contribution in [0.25, 0.3) is 11.1 Å². The number of carbonyl (C=O) groups is 3. The van der Waals surface area contributed by atoms with Crippen LogP contribution in [0, 0.1) is 5.41 Å². The zero-order chi connectivity index (χ0) is 23.5. The summed E-state index contributed by atoms with van der Waals surface area (Å²) in [6, 6.07) is 16.1. The number of hydrogen-bond acceptors (Lipinski definition) is 4. The Morgan fingerprint density at radius 1 is 0.969 bits per heavy atom. The summed E-state index contributed by atoms with van der Waals surface area (Å²) in [4.78, 5) is 36.6. The van der Waals surface area contributed by atoms with Gasteiger partial charge in [-0.05, 0) is 49.4 Å². The van der Waals surface area contributed by atoms with Crippen LogP contribution in [0.5, 0.6) is 0 Å². The van der Waals surface area contributed by atoms with E-state index in [0.717, 1.165) is 22.3 Å². The van der Waals surface area contributed by atoms with Crippen molar-refractivity contribution in [3.8, 4) is 11.1 Å². The van der Waals surface area contributed by atoms with Crippen molar-refractivity contribution in [2.75, 3.05) is 13.2 Å². The maximum atomic E-state index is 12.7. The predicted molar refractivity (Wildman–Crippen MR) is 121 cm³/mol. The minimum atomic E-state index is -1.23. The number of fused-ring (bicyclic) bond motifs is 3. The first-order valence-electron chi connectivity index (χ1n) is 10.7. The molecule has 7 nitrogen and oxygen atoms in total. The van der Waals surface area contributed by atoms with E-state index in [9.17, 15) is 19.5 Å². The number of hydrogen-bond donors (Lipinski definition) is 3. The Hall–Kier alpha value is -3.35. The van der Waals surface area contributed by atoms with Crippen LogP contribution < -0.4 is 10.6 Å². The van der Waals surface area contributed by atoms with Crippen LogP contribution in [0.15, 0.2) is 48.5 Å². The summed E-state index contributed by atoms with van der Waals surface area (Å²) in [6.45, 7) is 6.51. The number of nitrogens with one attached hydrogen (secondary N) is 2. The van der Waals surface area contributed by atoms with Gasteiger partial charge in [-0.3, -0.25) is 9.59 Å². The van der Waals surface area contributed by atoms with Gasteiger partial charge in [0.1, 0.15) is 12.1 Å². The second kappa shape index (κ2) is 9.02. The Balaban J connectivity index is 1.65. The van der Waals surface area contributed by atoms with E-state index in [1.165, 1.54) is 13.8 Å². The highest BCUT2D eigenvalue weighted by Crippen LogP contribution is 2.44. The first-order valence-corrected chi connectivity index (χ1v) is 10.7. The first kappa shape index (κ1) is 23.3. The van der Waals surface area contributed by atoms with Gasteiger partial charge in [-0.2, -0.15) is 0 Å². The van der Waals surface area contributed by atoms with Crippen LogP contribution in [0.4, 0.5) is 4.79 Å². The summed E-state index contributed by atoms with van der Waals surface area (Å²) in [7, 11) is 0. The molecular formula is C25H30N2O5. The number of aliphatic carboxylic acids is 1. The third-order valence-corrected chi connectivity index (χ3v) is 6.20. The van der Waals surface area contributed by atoms with E-state index in [4.69, 9.17) is 4.74 Å². The zero-order valence-corrected chi connectivity index (χ0v) is 18.9. The summed E-state index contributed by atoms with van der Waals surface area (Å²) in [5, 5.41) is 14.5. The minimum Gasteiger partial charge on any atom is -0.481 e. The number of carboxylic acid groups (broad SMARTS) is 1. The fraction of sp³-hybridized carbons (Fsp3) is 0.400. The van der Waals surface area contributed by atoms with Crippen LogP contribution in [-0.2, 0) is 14.3 Å². The number of rotatable bonds is 8. The molecule has 2 aromatic carbocycles. The molecule has 32 heavy (non-hydrogen) atoms. The Labute approximate surface area is 188 Å². The number of carbonyl (C=O) groups excluding carboxylic acids is 2. The van der Waals surface area contributed by atoms with Crippen molar-refractivity contribution in [1.29, 1.82) is 0 Å². The van der Waals surface area contributed by atoms with E-state index < -0.39 is 28.9 Å². The largest absolute Gasteiger partial charge is 0.481 e. The van der Waals surface area contributed by atoms with Gasteiger partial charge in [0.05, 0.1) is 5.41 Å². The van der Waals surface area contributed by atoms with Crippen molar-refractivity contribution in [2.24, 2.45) is 5.41 Å². The number of ether oxygens (including phenoxy) is 1. The van der Waals surface area contributed by atoms with Gasteiger partial charge in [-0.15, -0.1) is 0 Å². The molecule has 7 heteroatoms. The average molecular weight is 439 g/mol. The van der Waals surface area contributed by atoms with Gasteiger partial charge in [0.2, 0.25) is 5.91 Å². The fourth-order valence-corrected chi connectivity index (χ4v) is 3.74. The lowest BCUT2D eigenvalue weighted by atomic mass is 9.92. The highest BCUT2D eigenvalue weighted by molar-refractivity contribution is 5.90. The SMILES string of the molecule is CCC(C)(NC(=O)OCC1c2ccccc2-c2ccccc21)C(=O)NCC(C)(C)C(=O)O. The number of benzene rings is 2. The van der Waals surface area contributed by atoms with Gasteiger partial charge in [0.15, 0.2) is 0 Å². The molecule has 0 radical (unpaired) electrons. The maximum Gasteiger partial charge on any atom is 0.408 e. The van der Waals surface area contributed by atoms with Crippen molar-refractivity contribution in [3.63, 3.8) is 0 Å². The molecule has 3 N–H and O–H groups in total. The van der Waals surface area contributed by atoms with Gasteiger partial charge < -0.3 is 20.5 Å². The quantitative estimate of drug-likeness (QED) is 0.579. The molecule has 1 unspecified atom stereocenters. The zero-order valence-electron chi connectivity index (χ0n) is 18.9. The summed E-state index contributed by atoms with van der Waals surface area (Å²) in [5.74, 6) is -1.55. The molecular weight excluding hydrogens is 408 g/mol. The average Bonchev–Trinajstić information content (AvgIpc) is 3.09. The van der Waals surface area contributed by atoms with Crippen molar-refractivity contribution < 1.29 is 24.2 Å². The number of carboxylic acids is 1. The normalized spacial score (nSPS) is 14.6. The standard InChI is InChI=1S/C25H30N2O5/c1-5-25(4,21(28)26-15-24(2,3)22(29)30)27-23(31)32-14-20-18-12-8-6-10-16(18)17-11-7-9-13-19(17)20/h6-13,20H,5,14-15H2,1-4H3,(H,26,28)(H,27,31)(H,29,30). The molecule has 3 rings (SSSR count). The molecule has 0 saturated heterocycles. The van der Waals surface area contributed by atoms with E-state index in [2.05, 4.69) is 22.8 Å². The Morgan fingerprint density at radius 2 is 1.50 bits per heavy atom. The number of alkyl carbamates (subject to hydrolysis) is 1. The molecule has 0 heterocycles. The van der Waals surface area contributed by atoms with Crippen LogP contribution in [0.3, 0.4) is 0 Å². The van der Waals surface area contributed by atoms with Crippen LogP contribution in [0.2, 0.25) is 0 Å². The summed E-state index contributed by atoms with van der Waals surface area (Å²) in [5.41, 5.74) is 2.14. The second-order valence-electron chi connectivity index (χ2n) is 9.01. The lowest BCUT2D eigenvalue weighted by molar-refractivity contribution is -0.147. The molecule has 1 aliphatic rings. The molecule has 170 valence electrons. The smallest absolute Gasteiger partial charge is 0.408 e. The third kappa shape index (κ3) is 4.61. The maximum absolute atomic E-state index is 12.7. The van der Waals surface area contributed by atoms with Gasteiger partial charge in [0, 0.05) is 12.5 Å². The summed E-state index contributed by atoms with van der Waals surface area (Å²) >= 11 is 0. The molecule has 0 spiro atoms. The van der Waals surface area contributed by atoms with Gasteiger partial charge >= 0.3 is 12.1 Å². The molecule has 0 bridgehead atoms. The summed E-state index contributed by atoms with van der Waals surface area (Å²) < 4.78 is 5.55. The molecule has 1 aliphatic carbocycles. The van der Waals surface area contributed by atoms with Crippen LogP contribution in [0.1, 0.15) is 51.2 Å². The number of amides is 2. The van der Waals surface area contributed by atoms with E-state index in [1.807, 2.05) is 36.4 Å². The van der Waals surface area contributed by atoms with Crippen molar-refractivity contribution in [3.05, 3.63) is 59.7 Å². The molecule has 0 aliphatic heterocycles. The Morgan fingerprint density at radius 3 is 2.00 bits per heavy atom. The van der Waals surface area contributed by atoms with Crippen molar-refractivity contribution >= 4 is 18.0 Å². The molecule has 2 aromatic rings. The molecule has 0 saturated carbocycles. The van der Waals surface area contributed by atoms with Crippen LogP contribution in [-0.4, -0.2) is 41.8 Å². The highest BCUT2D eigenvalue weighted by Gasteiger charge is 2.36. The molecule has 2 amide bonds. The molecule has 1 atom stereocenters. The first-order chi connectivity index (χ1) is 15.1. The van der Waals surface area contributed by atoms with E-state index in [-0.39, 0.29) is 19.1 Å². The van der Waals surface area contributed by atoms with Gasteiger partial charge in [-0.25, -0.2) is 4.79 Å². The van der Waals surface area contributed by atoms with Gasteiger partial charge in [0.25, 0.3) is 0 Å². The highest BCUT2D eigenvalue weighted by atomic mass is 16.5. The van der Waals surface area contributed by atoms with Gasteiger partial charge in [-0.1, -0.05) is 55.5 Å².